The lowest BCUT2D eigenvalue weighted by atomic mass is 9.49. The lowest BCUT2D eigenvalue weighted by Gasteiger charge is -2.55. The number of sulfonamides is 1. The van der Waals surface area contributed by atoms with E-state index in [1.807, 2.05) is 0 Å². The fourth-order valence-corrected chi connectivity index (χ4v) is 6.25. The summed E-state index contributed by atoms with van der Waals surface area (Å²) in [6.45, 7) is 1.54. The van der Waals surface area contributed by atoms with Gasteiger partial charge in [-0.3, -0.25) is 9.59 Å². The second-order valence-corrected chi connectivity index (χ2v) is 10.4. The Morgan fingerprint density at radius 3 is 2.25 bits per heavy atom. The van der Waals surface area contributed by atoms with Crippen LogP contribution in [-0.4, -0.2) is 26.4 Å². The highest BCUT2D eigenvalue weighted by Crippen LogP contribution is 2.60. The minimum Gasteiger partial charge on any atom is -0.452 e. The van der Waals surface area contributed by atoms with Crippen LogP contribution in [0.15, 0.2) is 29.2 Å². The van der Waals surface area contributed by atoms with Crippen LogP contribution in [0.3, 0.4) is 0 Å². The van der Waals surface area contributed by atoms with Crippen LogP contribution in [0.4, 0.5) is 5.69 Å². The van der Waals surface area contributed by atoms with Gasteiger partial charge in [0.05, 0.1) is 10.3 Å². The van der Waals surface area contributed by atoms with Gasteiger partial charge in [0.2, 0.25) is 10.0 Å². The van der Waals surface area contributed by atoms with Crippen molar-refractivity contribution >= 4 is 27.6 Å². The molecule has 1 unspecified atom stereocenters. The van der Waals surface area contributed by atoms with Crippen LogP contribution in [0, 0.1) is 23.2 Å². The summed E-state index contributed by atoms with van der Waals surface area (Å²) in [5, 5.41) is 7.71. The monoisotopic (exact) mass is 406 g/mol. The molecule has 7 nitrogen and oxygen atoms in total. The largest absolute Gasteiger partial charge is 0.452 e. The van der Waals surface area contributed by atoms with E-state index in [1.54, 1.807) is 6.07 Å². The summed E-state index contributed by atoms with van der Waals surface area (Å²) >= 11 is 0. The number of carbonyl (C=O) groups excluding carboxylic acids is 2. The Hall–Kier alpha value is -1.93. The van der Waals surface area contributed by atoms with E-state index >= 15 is 0 Å². The van der Waals surface area contributed by atoms with Gasteiger partial charge in [-0.15, -0.1) is 0 Å². The number of esters is 1. The number of carbonyl (C=O) groups is 2. The van der Waals surface area contributed by atoms with Crippen LogP contribution < -0.4 is 10.5 Å². The molecule has 152 valence electrons. The van der Waals surface area contributed by atoms with Gasteiger partial charge in [0.15, 0.2) is 6.10 Å². The first-order valence-electron chi connectivity index (χ1n) is 9.79. The van der Waals surface area contributed by atoms with Gasteiger partial charge in [0, 0.05) is 5.69 Å². The number of amides is 1. The van der Waals surface area contributed by atoms with Crippen LogP contribution in [0.1, 0.15) is 45.4 Å². The van der Waals surface area contributed by atoms with Gasteiger partial charge >= 0.3 is 5.97 Å². The number of benzene rings is 1. The number of anilines is 1. The first kappa shape index (κ1) is 19.4. The van der Waals surface area contributed by atoms with Crippen molar-refractivity contribution in [2.24, 2.45) is 28.3 Å². The number of hydrogen-bond acceptors (Lipinski definition) is 5. The fourth-order valence-electron chi connectivity index (χ4n) is 5.69. The lowest BCUT2D eigenvalue weighted by molar-refractivity contribution is -0.177. The van der Waals surface area contributed by atoms with Crippen molar-refractivity contribution in [1.29, 1.82) is 0 Å². The third-order valence-corrected chi connectivity index (χ3v) is 7.47. The zero-order valence-electron chi connectivity index (χ0n) is 15.9. The molecule has 4 fully saturated rings. The summed E-state index contributed by atoms with van der Waals surface area (Å²) in [5.74, 6) is 1.09. The van der Waals surface area contributed by atoms with Crippen molar-refractivity contribution in [3.8, 4) is 0 Å². The first-order chi connectivity index (χ1) is 13.1. The van der Waals surface area contributed by atoms with E-state index in [9.17, 15) is 18.0 Å². The summed E-state index contributed by atoms with van der Waals surface area (Å²) in [7, 11) is -3.86. The Morgan fingerprint density at radius 2 is 1.71 bits per heavy atom. The Morgan fingerprint density at radius 1 is 1.14 bits per heavy atom. The molecule has 3 N–H and O–H groups in total. The third kappa shape index (κ3) is 3.67. The average Bonchev–Trinajstić information content (AvgIpc) is 2.60. The van der Waals surface area contributed by atoms with Crippen LogP contribution in [-0.2, 0) is 24.3 Å². The summed E-state index contributed by atoms with van der Waals surface area (Å²) in [6.07, 6.45) is 5.35. The number of rotatable bonds is 5. The molecule has 4 bridgehead atoms. The van der Waals surface area contributed by atoms with Gasteiger partial charge < -0.3 is 10.1 Å². The molecule has 4 aliphatic rings. The van der Waals surface area contributed by atoms with Crippen LogP contribution in [0.25, 0.3) is 0 Å². The normalized spacial score (nSPS) is 32.0. The highest BCUT2D eigenvalue weighted by atomic mass is 32.2. The van der Waals surface area contributed by atoms with Gasteiger partial charge in [0.1, 0.15) is 0 Å². The number of primary sulfonamides is 1. The molecule has 1 aromatic rings. The lowest BCUT2D eigenvalue weighted by Crippen LogP contribution is -2.51. The molecular formula is C20H26N2O5S. The standard InChI is InChI=1S/C20H26N2O5S/c1-12(18(23)22-16-3-2-4-17(8-16)28(21,25)26)27-19(24)20-9-13-5-14(10-20)7-15(6-13)11-20/h2-4,8,12-15H,5-7,9-11H2,1H3,(H,22,23)(H2,21,25,26). The number of ether oxygens (including phenoxy) is 1. The van der Waals surface area contributed by atoms with Crippen molar-refractivity contribution in [1.82, 2.24) is 0 Å². The molecule has 28 heavy (non-hydrogen) atoms. The highest BCUT2D eigenvalue weighted by Gasteiger charge is 2.55. The zero-order chi connectivity index (χ0) is 20.1. The Labute approximate surface area is 165 Å². The Kier molecular flexibility index (Phi) is 4.74. The van der Waals surface area contributed by atoms with Crippen molar-refractivity contribution in [3.63, 3.8) is 0 Å². The van der Waals surface area contributed by atoms with Crippen molar-refractivity contribution in [3.05, 3.63) is 24.3 Å². The predicted molar refractivity (Wildman–Crippen MR) is 103 cm³/mol. The predicted octanol–water partition coefficient (Wildman–Crippen LogP) is 2.42. The van der Waals surface area contributed by atoms with Crippen LogP contribution in [0.5, 0.6) is 0 Å². The van der Waals surface area contributed by atoms with Crippen molar-refractivity contribution < 1.29 is 22.7 Å². The minimum absolute atomic E-state index is 0.0940. The van der Waals surface area contributed by atoms with E-state index in [1.165, 1.54) is 44.4 Å². The molecule has 0 aromatic heterocycles. The van der Waals surface area contributed by atoms with E-state index in [0.29, 0.717) is 17.8 Å². The van der Waals surface area contributed by atoms with E-state index in [-0.39, 0.29) is 16.6 Å². The Bertz CT molecular complexity index is 876. The second kappa shape index (κ2) is 6.84. The van der Waals surface area contributed by atoms with Crippen molar-refractivity contribution in [2.75, 3.05) is 5.32 Å². The molecule has 5 rings (SSSR count). The van der Waals surface area contributed by atoms with E-state index in [4.69, 9.17) is 9.88 Å². The molecule has 1 amide bonds. The maximum absolute atomic E-state index is 13.0. The molecule has 1 atom stereocenters. The molecule has 0 aliphatic heterocycles. The van der Waals surface area contributed by atoms with Crippen LogP contribution in [0.2, 0.25) is 0 Å². The highest BCUT2D eigenvalue weighted by molar-refractivity contribution is 7.89. The Balaban J connectivity index is 1.40. The molecule has 0 radical (unpaired) electrons. The van der Waals surface area contributed by atoms with Gasteiger partial charge in [-0.05, 0) is 81.4 Å². The van der Waals surface area contributed by atoms with E-state index in [2.05, 4.69) is 5.32 Å². The first-order valence-corrected chi connectivity index (χ1v) is 11.3. The molecule has 0 heterocycles. The van der Waals surface area contributed by atoms with Gasteiger partial charge in [-0.25, -0.2) is 13.6 Å². The zero-order valence-corrected chi connectivity index (χ0v) is 16.7. The summed E-state index contributed by atoms with van der Waals surface area (Å²) in [4.78, 5) is 25.3. The smallest absolute Gasteiger partial charge is 0.312 e. The number of nitrogens with one attached hydrogen (secondary N) is 1. The molecule has 4 aliphatic carbocycles. The molecule has 8 heteroatoms. The fraction of sp³-hybridized carbons (Fsp3) is 0.600. The van der Waals surface area contributed by atoms with E-state index in [0.717, 1.165) is 19.3 Å². The molecule has 0 spiro atoms. The van der Waals surface area contributed by atoms with Gasteiger partial charge in [-0.2, -0.15) is 0 Å². The maximum atomic E-state index is 13.0. The number of hydrogen-bond donors (Lipinski definition) is 2. The van der Waals surface area contributed by atoms with Crippen LogP contribution >= 0.6 is 0 Å². The summed E-state index contributed by atoms with van der Waals surface area (Å²) < 4.78 is 28.5. The minimum atomic E-state index is -3.86. The number of nitrogens with two attached hydrogens (primary N) is 1. The van der Waals surface area contributed by atoms with Crippen molar-refractivity contribution in [2.45, 2.75) is 56.4 Å². The molecule has 1 aromatic carbocycles. The summed E-state index contributed by atoms with van der Waals surface area (Å²) in [5.41, 5.74) is -0.133. The molecule has 0 saturated heterocycles. The molecule has 4 saturated carbocycles. The summed E-state index contributed by atoms with van der Waals surface area (Å²) in [6, 6.07) is 5.67. The van der Waals surface area contributed by atoms with E-state index < -0.39 is 27.4 Å². The van der Waals surface area contributed by atoms with Gasteiger partial charge in [-0.1, -0.05) is 6.07 Å². The SMILES string of the molecule is CC(OC(=O)C12CC3CC(CC(C3)C1)C2)C(=O)Nc1cccc(S(N)(=O)=O)c1. The molecular weight excluding hydrogens is 380 g/mol. The second-order valence-electron chi connectivity index (χ2n) is 8.81. The third-order valence-electron chi connectivity index (χ3n) is 6.55. The average molecular weight is 407 g/mol. The topological polar surface area (TPSA) is 116 Å². The maximum Gasteiger partial charge on any atom is 0.312 e. The van der Waals surface area contributed by atoms with Gasteiger partial charge in [0.25, 0.3) is 5.91 Å². The quantitative estimate of drug-likeness (QED) is 0.729.